The maximum atomic E-state index is 13.1. The van der Waals surface area contributed by atoms with E-state index in [0.717, 1.165) is 18.1 Å². The molecule has 2 aromatic carbocycles. The van der Waals surface area contributed by atoms with Gasteiger partial charge in [-0.25, -0.2) is 12.8 Å². The van der Waals surface area contributed by atoms with Crippen molar-refractivity contribution in [1.82, 2.24) is 0 Å². The highest BCUT2D eigenvalue weighted by atomic mass is 32.2. The summed E-state index contributed by atoms with van der Waals surface area (Å²) in [5, 5.41) is 0. The Hall–Kier alpha value is -1.88. The molecule has 0 unspecified atom stereocenters. The van der Waals surface area contributed by atoms with Crippen LogP contribution in [0.25, 0.3) is 0 Å². The lowest BCUT2D eigenvalue weighted by molar-refractivity contribution is 0.595. The summed E-state index contributed by atoms with van der Waals surface area (Å²) < 4.78 is 39.7. The van der Waals surface area contributed by atoms with Crippen molar-refractivity contribution in [3.63, 3.8) is 0 Å². The Labute approximate surface area is 112 Å². The van der Waals surface area contributed by atoms with Gasteiger partial charge in [-0.2, -0.15) is 0 Å². The normalized spacial score (nSPS) is 11.3. The van der Waals surface area contributed by atoms with Gasteiger partial charge in [-0.05, 0) is 42.3 Å². The zero-order chi connectivity index (χ0) is 13.9. The molecule has 0 heterocycles. The standard InChI is InChI=1S/C14H14FNO2S/c1-2-11-5-3-7-13(9-11)16-19(17,18)14-8-4-6-12(15)10-14/h3-10,16H,2H2,1H3. The van der Waals surface area contributed by atoms with Gasteiger partial charge in [0, 0.05) is 5.69 Å². The molecule has 2 aromatic rings. The van der Waals surface area contributed by atoms with Crippen LogP contribution >= 0.6 is 0 Å². The van der Waals surface area contributed by atoms with Crippen molar-refractivity contribution >= 4 is 15.7 Å². The molecule has 0 radical (unpaired) electrons. The van der Waals surface area contributed by atoms with Crippen molar-refractivity contribution in [1.29, 1.82) is 0 Å². The van der Waals surface area contributed by atoms with Crippen molar-refractivity contribution in [3.05, 3.63) is 59.9 Å². The second-order valence-electron chi connectivity index (χ2n) is 4.12. The molecule has 0 saturated heterocycles. The first-order valence-corrected chi connectivity index (χ1v) is 7.37. The van der Waals surface area contributed by atoms with Gasteiger partial charge >= 0.3 is 0 Å². The molecule has 0 saturated carbocycles. The maximum Gasteiger partial charge on any atom is 0.261 e. The molecule has 0 fully saturated rings. The molecule has 0 aliphatic rings. The van der Waals surface area contributed by atoms with Crippen LogP contribution in [0.2, 0.25) is 0 Å². The summed E-state index contributed by atoms with van der Waals surface area (Å²) in [6.45, 7) is 1.99. The minimum atomic E-state index is -3.75. The van der Waals surface area contributed by atoms with Crippen LogP contribution in [0.3, 0.4) is 0 Å². The molecule has 5 heteroatoms. The number of hydrogen-bond acceptors (Lipinski definition) is 2. The van der Waals surface area contributed by atoms with Gasteiger partial charge in [-0.3, -0.25) is 4.72 Å². The third-order valence-corrected chi connectivity index (χ3v) is 4.07. The number of nitrogens with one attached hydrogen (secondary N) is 1. The molecular formula is C14H14FNO2S. The summed E-state index contributed by atoms with van der Waals surface area (Å²) in [5.74, 6) is -0.579. The Kier molecular flexibility index (Phi) is 3.85. The average Bonchev–Trinajstić information content (AvgIpc) is 2.38. The van der Waals surface area contributed by atoms with Gasteiger partial charge in [0.05, 0.1) is 4.90 Å². The smallest absolute Gasteiger partial charge is 0.261 e. The highest BCUT2D eigenvalue weighted by Gasteiger charge is 2.14. The van der Waals surface area contributed by atoms with Crippen molar-refractivity contribution < 1.29 is 12.8 Å². The van der Waals surface area contributed by atoms with Gasteiger partial charge in [-0.15, -0.1) is 0 Å². The van der Waals surface area contributed by atoms with Crippen LogP contribution in [0.5, 0.6) is 0 Å². The Balaban J connectivity index is 2.31. The largest absolute Gasteiger partial charge is 0.280 e. The minimum Gasteiger partial charge on any atom is -0.280 e. The van der Waals surface area contributed by atoms with Crippen molar-refractivity contribution in [2.75, 3.05) is 4.72 Å². The SMILES string of the molecule is CCc1cccc(NS(=O)(=O)c2cccc(F)c2)c1. The van der Waals surface area contributed by atoms with E-state index < -0.39 is 15.8 Å². The Morgan fingerprint density at radius 1 is 1.11 bits per heavy atom. The van der Waals surface area contributed by atoms with Crippen LogP contribution in [0.1, 0.15) is 12.5 Å². The van der Waals surface area contributed by atoms with Crippen LogP contribution < -0.4 is 4.72 Å². The van der Waals surface area contributed by atoms with Gasteiger partial charge in [0.2, 0.25) is 0 Å². The molecule has 3 nitrogen and oxygen atoms in total. The second kappa shape index (κ2) is 5.40. The predicted octanol–water partition coefficient (Wildman–Crippen LogP) is 3.19. The molecule has 0 aromatic heterocycles. The van der Waals surface area contributed by atoms with Gasteiger partial charge in [0.1, 0.15) is 5.82 Å². The topological polar surface area (TPSA) is 46.2 Å². The number of rotatable bonds is 4. The van der Waals surface area contributed by atoms with Gasteiger partial charge < -0.3 is 0 Å². The first kappa shape index (κ1) is 13.5. The number of benzene rings is 2. The van der Waals surface area contributed by atoms with E-state index in [-0.39, 0.29) is 4.90 Å². The summed E-state index contributed by atoms with van der Waals surface area (Å²) >= 11 is 0. The molecule has 2 rings (SSSR count). The highest BCUT2D eigenvalue weighted by molar-refractivity contribution is 7.92. The fourth-order valence-electron chi connectivity index (χ4n) is 1.70. The number of halogens is 1. The predicted molar refractivity (Wildman–Crippen MR) is 73.0 cm³/mol. The van der Waals surface area contributed by atoms with E-state index in [4.69, 9.17) is 0 Å². The van der Waals surface area contributed by atoms with Gasteiger partial charge in [-0.1, -0.05) is 25.1 Å². The van der Waals surface area contributed by atoms with Crippen molar-refractivity contribution in [2.45, 2.75) is 18.2 Å². The fourth-order valence-corrected chi connectivity index (χ4v) is 2.78. The number of hydrogen-bond donors (Lipinski definition) is 1. The lowest BCUT2D eigenvalue weighted by Gasteiger charge is -2.09. The van der Waals surface area contributed by atoms with E-state index in [1.165, 1.54) is 18.2 Å². The summed E-state index contributed by atoms with van der Waals surface area (Å²) in [6.07, 6.45) is 0.815. The summed E-state index contributed by atoms with van der Waals surface area (Å²) in [4.78, 5) is -0.0885. The zero-order valence-corrected chi connectivity index (χ0v) is 11.2. The summed E-state index contributed by atoms with van der Waals surface area (Å²) in [7, 11) is -3.75. The Morgan fingerprint density at radius 2 is 1.84 bits per heavy atom. The average molecular weight is 279 g/mol. The van der Waals surface area contributed by atoms with E-state index >= 15 is 0 Å². The molecule has 0 bridgehead atoms. The minimum absolute atomic E-state index is 0.0885. The van der Waals surface area contributed by atoms with E-state index in [0.29, 0.717) is 5.69 Å². The first-order valence-electron chi connectivity index (χ1n) is 5.88. The van der Waals surface area contributed by atoms with E-state index in [2.05, 4.69) is 4.72 Å². The second-order valence-corrected chi connectivity index (χ2v) is 5.80. The molecule has 100 valence electrons. The molecule has 1 N–H and O–H groups in total. The van der Waals surface area contributed by atoms with Crippen LogP contribution in [-0.2, 0) is 16.4 Å². The third kappa shape index (κ3) is 3.32. The molecule has 19 heavy (non-hydrogen) atoms. The molecule has 0 spiro atoms. The Bertz CT molecular complexity index is 683. The van der Waals surface area contributed by atoms with Crippen LogP contribution in [-0.4, -0.2) is 8.42 Å². The maximum absolute atomic E-state index is 13.1. The first-order chi connectivity index (χ1) is 9.01. The van der Waals surface area contributed by atoms with Crippen LogP contribution in [0.4, 0.5) is 10.1 Å². The van der Waals surface area contributed by atoms with Gasteiger partial charge in [0.25, 0.3) is 10.0 Å². The number of sulfonamides is 1. The quantitative estimate of drug-likeness (QED) is 0.934. The van der Waals surface area contributed by atoms with Gasteiger partial charge in [0.15, 0.2) is 0 Å². The lowest BCUT2D eigenvalue weighted by atomic mass is 10.1. The number of anilines is 1. The Morgan fingerprint density at radius 3 is 2.53 bits per heavy atom. The van der Waals surface area contributed by atoms with E-state index in [1.807, 2.05) is 13.0 Å². The van der Waals surface area contributed by atoms with Crippen molar-refractivity contribution in [3.8, 4) is 0 Å². The highest BCUT2D eigenvalue weighted by Crippen LogP contribution is 2.18. The fraction of sp³-hybridized carbons (Fsp3) is 0.143. The molecule has 0 aliphatic carbocycles. The van der Waals surface area contributed by atoms with Crippen molar-refractivity contribution in [2.24, 2.45) is 0 Å². The molecule has 0 aliphatic heterocycles. The molecule has 0 atom stereocenters. The number of aryl methyl sites for hydroxylation is 1. The van der Waals surface area contributed by atoms with Crippen LogP contribution in [0.15, 0.2) is 53.4 Å². The summed E-state index contributed by atoms with van der Waals surface area (Å²) in [6, 6.07) is 12.0. The lowest BCUT2D eigenvalue weighted by Crippen LogP contribution is -2.13. The zero-order valence-electron chi connectivity index (χ0n) is 10.4. The molecule has 0 amide bonds. The summed E-state index contributed by atoms with van der Waals surface area (Å²) in [5.41, 5.74) is 1.50. The van der Waals surface area contributed by atoms with E-state index in [1.54, 1.807) is 18.2 Å². The van der Waals surface area contributed by atoms with E-state index in [9.17, 15) is 12.8 Å². The third-order valence-electron chi connectivity index (χ3n) is 2.69. The monoisotopic (exact) mass is 279 g/mol. The van der Waals surface area contributed by atoms with Crippen LogP contribution in [0, 0.1) is 5.82 Å². The molecular weight excluding hydrogens is 265 g/mol.